The average Bonchev–Trinajstić information content (AvgIpc) is 3.27. The number of allylic oxidation sites excluding steroid dienone is 2. The van der Waals surface area contributed by atoms with Crippen LogP contribution in [0.5, 0.6) is 0 Å². The highest BCUT2D eigenvalue weighted by molar-refractivity contribution is 8.24. The van der Waals surface area contributed by atoms with Gasteiger partial charge in [0.15, 0.2) is 0 Å². The van der Waals surface area contributed by atoms with Crippen LogP contribution in [0, 0.1) is 50.2 Å². The molecule has 6 aliphatic rings. The fraction of sp³-hybridized carbons (Fsp3) is 0.816. The van der Waals surface area contributed by atoms with E-state index in [1.54, 1.807) is 12.7 Å². The van der Waals surface area contributed by atoms with Crippen LogP contribution >= 0.6 is 24.0 Å². The molecule has 0 aromatic carbocycles. The number of thioether (sulfide) groups is 1. The smallest absolute Gasteiger partial charge is 0.354 e. The number of esters is 1. The number of ether oxygens (including phenoxy) is 1. The number of fused-ring (bicyclic) bond motifs is 7. The van der Waals surface area contributed by atoms with Crippen molar-refractivity contribution in [1.29, 1.82) is 0 Å². The summed E-state index contributed by atoms with van der Waals surface area (Å²) >= 11 is 6.70. The molecule has 1 aliphatic heterocycles. The lowest BCUT2D eigenvalue weighted by Crippen LogP contribution is -2.64. The van der Waals surface area contributed by atoms with Gasteiger partial charge in [-0.3, -0.25) is 14.5 Å². The Bertz CT molecular complexity index is 1440. The Balaban J connectivity index is 1.25. The highest BCUT2D eigenvalue weighted by atomic mass is 32.2. The second kappa shape index (κ2) is 11.7. The minimum atomic E-state index is -0.546. The third-order valence-corrected chi connectivity index (χ3v) is 16.7. The summed E-state index contributed by atoms with van der Waals surface area (Å²) in [5, 5.41) is 4.28. The quantitative estimate of drug-likeness (QED) is 0.0944. The predicted molar refractivity (Wildman–Crippen MR) is 191 cm³/mol. The molecule has 0 aromatic rings. The summed E-state index contributed by atoms with van der Waals surface area (Å²) in [4.78, 5) is 45.9. The maximum atomic E-state index is 13.5. The van der Waals surface area contributed by atoms with E-state index in [9.17, 15) is 14.4 Å². The molecule has 0 radical (unpaired) electrons. The Labute approximate surface area is 291 Å². The average molecular weight is 685 g/mol. The standard InChI is InChI=1S/C38H56N2O5S2/c1-10-25-30(42)40(32(46)47-25)22-29(41)45-39-28-14-15-35(6)26(34(28,4)5)13-16-37(8)27(35)12-11-23-24-21-33(2,3)17-19-38(24,31(43)44-9)20-18-36(23,37)7/h11,24-27H,10,12-22H2,1-9H3/b39-28-/t24-,25+,26-,27-,35+,36-,37-,38+/m1/s1. The minimum Gasteiger partial charge on any atom is -0.469 e. The lowest BCUT2D eigenvalue weighted by atomic mass is 9.33. The number of rotatable bonds is 5. The van der Waals surface area contributed by atoms with Gasteiger partial charge in [-0.1, -0.05) is 96.2 Å². The molecule has 8 atom stereocenters. The normalized spacial score (nSPS) is 42.9. The van der Waals surface area contributed by atoms with Gasteiger partial charge in [-0.15, -0.1) is 0 Å². The van der Waals surface area contributed by atoms with Crippen LogP contribution in [-0.2, 0) is 24.0 Å². The highest BCUT2D eigenvalue weighted by Gasteiger charge is 2.69. The molecule has 0 unspecified atom stereocenters. The molecule has 5 aliphatic carbocycles. The number of amides is 1. The van der Waals surface area contributed by atoms with E-state index in [-0.39, 0.29) is 62.1 Å². The molecule has 1 amide bonds. The maximum Gasteiger partial charge on any atom is 0.354 e. The molecule has 1 heterocycles. The molecular formula is C38H56N2O5S2. The number of methoxy groups -OCH3 is 1. The van der Waals surface area contributed by atoms with Crippen molar-refractivity contribution in [3.05, 3.63) is 11.6 Å². The van der Waals surface area contributed by atoms with Gasteiger partial charge in [0.25, 0.3) is 0 Å². The van der Waals surface area contributed by atoms with Crippen LogP contribution in [0.25, 0.3) is 0 Å². The number of oxime groups is 1. The third kappa shape index (κ3) is 5.12. The molecule has 1 saturated heterocycles. The number of carbonyl (C=O) groups is 3. The summed E-state index contributed by atoms with van der Waals surface area (Å²) in [6.07, 6.45) is 13.3. The summed E-state index contributed by atoms with van der Waals surface area (Å²) in [5.41, 5.74) is 2.34. The van der Waals surface area contributed by atoms with Gasteiger partial charge in [0.05, 0.1) is 23.5 Å². The fourth-order valence-corrected chi connectivity index (χ4v) is 13.4. The van der Waals surface area contributed by atoms with Crippen LogP contribution < -0.4 is 0 Å². The van der Waals surface area contributed by atoms with Crippen molar-refractivity contribution in [3.8, 4) is 0 Å². The van der Waals surface area contributed by atoms with Gasteiger partial charge in [0.1, 0.15) is 10.9 Å². The van der Waals surface area contributed by atoms with Crippen molar-refractivity contribution >= 4 is 51.9 Å². The maximum absolute atomic E-state index is 13.5. The summed E-state index contributed by atoms with van der Waals surface area (Å²) in [5.74, 6) is 0.497. The van der Waals surface area contributed by atoms with Gasteiger partial charge < -0.3 is 9.57 Å². The molecule has 260 valence electrons. The van der Waals surface area contributed by atoms with Crippen molar-refractivity contribution in [2.45, 2.75) is 131 Å². The summed E-state index contributed by atoms with van der Waals surface area (Å²) in [6.45, 7) is 18.7. The summed E-state index contributed by atoms with van der Waals surface area (Å²) in [7, 11) is 1.57. The molecule has 9 heteroatoms. The molecule has 0 spiro atoms. The summed E-state index contributed by atoms with van der Waals surface area (Å²) < 4.78 is 5.97. The van der Waals surface area contributed by atoms with Crippen LogP contribution in [0.2, 0.25) is 0 Å². The van der Waals surface area contributed by atoms with Crippen molar-refractivity contribution < 1.29 is 24.0 Å². The number of nitrogens with zero attached hydrogens (tertiary/aromatic N) is 2. The Morgan fingerprint density at radius 1 is 1.02 bits per heavy atom. The minimum absolute atomic E-state index is 0.00391. The van der Waals surface area contributed by atoms with E-state index in [1.807, 2.05) is 6.92 Å². The zero-order valence-electron chi connectivity index (χ0n) is 30.1. The topological polar surface area (TPSA) is 85.3 Å². The molecule has 47 heavy (non-hydrogen) atoms. The monoisotopic (exact) mass is 684 g/mol. The van der Waals surface area contributed by atoms with E-state index in [0.29, 0.717) is 22.6 Å². The first-order valence-electron chi connectivity index (χ1n) is 18.0. The van der Waals surface area contributed by atoms with E-state index in [1.165, 1.54) is 16.7 Å². The third-order valence-electron chi connectivity index (χ3n) is 14.9. The largest absolute Gasteiger partial charge is 0.469 e. The first kappa shape index (κ1) is 35.1. The first-order chi connectivity index (χ1) is 21.9. The van der Waals surface area contributed by atoms with Crippen LogP contribution in [0.1, 0.15) is 126 Å². The predicted octanol–water partition coefficient (Wildman–Crippen LogP) is 8.50. The van der Waals surface area contributed by atoms with E-state index >= 15 is 0 Å². The van der Waals surface area contributed by atoms with Crippen molar-refractivity contribution in [3.63, 3.8) is 0 Å². The number of hydrogen-bond acceptors (Lipinski definition) is 8. The van der Waals surface area contributed by atoms with Gasteiger partial charge >= 0.3 is 11.9 Å². The van der Waals surface area contributed by atoms with Gasteiger partial charge in [-0.25, -0.2) is 4.79 Å². The van der Waals surface area contributed by atoms with E-state index in [0.717, 1.165) is 69.9 Å². The molecular weight excluding hydrogens is 629 g/mol. The second-order valence-corrected chi connectivity index (χ2v) is 19.6. The summed E-state index contributed by atoms with van der Waals surface area (Å²) in [6, 6.07) is 0. The Morgan fingerprint density at radius 2 is 1.72 bits per heavy atom. The van der Waals surface area contributed by atoms with Crippen molar-refractivity contribution in [1.82, 2.24) is 4.90 Å². The Hall–Kier alpha value is -1.74. The molecule has 5 fully saturated rings. The number of hydrogen-bond donors (Lipinski definition) is 0. The zero-order valence-corrected chi connectivity index (χ0v) is 31.8. The lowest BCUT2D eigenvalue weighted by Gasteiger charge is -2.70. The van der Waals surface area contributed by atoms with E-state index < -0.39 is 5.97 Å². The fourth-order valence-electron chi connectivity index (χ4n) is 12.0. The number of carbonyl (C=O) groups excluding carboxylic acids is 3. The molecule has 4 saturated carbocycles. The lowest BCUT2D eigenvalue weighted by molar-refractivity contribution is -0.181. The van der Waals surface area contributed by atoms with Gasteiger partial charge in [-0.2, -0.15) is 0 Å². The first-order valence-corrected chi connectivity index (χ1v) is 19.3. The van der Waals surface area contributed by atoms with Crippen molar-refractivity contribution in [2.24, 2.45) is 55.4 Å². The van der Waals surface area contributed by atoms with Crippen molar-refractivity contribution in [2.75, 3.05) is 13.7 Å². The van der Waals surface area contributed by atoms with E-state index in [2.05, 4.69) is 59.7 Å². The van der Waals surface area contributed by atoms with E-state index in [4.69, 9.17) is 21.8 Å². The van der Waals surface area contributed by atoms with Gasteiger partial charge in [0, 0.05) is 5.41 Å². The van der Waals surface area contributed by atoms with Gasteiger partial charge in [0.2, 0.25) is 5.91 Å². The second-order valence-electron chi connectivity index (χ2n) is 17.8. The zero-order chi connectivity index (χ0) is 34.4. The Morgan fingerprint density at radius 3 is 2.38 bits per heavy atom. The molecule has 0 aromatic heterocycles. The molecule has 0 bridgehead atoms. The Kier molecular flexibility index (Phi) is 8.71. The van der Waals surface area contributed by atoms with Crippen LogP contribution in [0.3, 0.4) is 0 Å². The highest BCUT2D eigenvalue weighted by Crippen LogP contribution is 2.75. The van der Waals surface area contributed by atoms with Crippen LogP contribution in [0.15, 0.2) is 16.8 Å². The van der Waals surface area contributed by atoms with Gasteiger partial charge in [-0.05, 0) is 110 Å². The molecule has 7 nitrogen and oxygen atoms in total. The SMILES string of the molecule is CC[C@@H]1SC(=S)N(CC(=O)O/N=C2/CC[C@@]3(C)[C@H](CC[C@]4(C)[C@@H]3CC=C3[C@H]5CC(C)(C)CC[C@]5(C(=O)OC)CC[C@]34C)C2(C)C)C1=O. The molecule has 6 rings (SSSR count). The van der Waals surface area contributed by atoms with Crippen LogP contribution in [0.4, 0.5) is 0 Å². The molecule has 0 N–H and O–H groups in total. The van der Waals surface area contributed by atoms with Crippen LogP contribution in [-0.4, -0.2) is 51.7 Å². The number of thiocarbonyl (C=S) groups is 1.